The highest BCUT2D eigenvalue weighted by Crippen LogP contribution is 2.39. The predicted octanol–water partition coefficient (Wildman–Crippen LogP) is 3.49. The molecule has 4 nitrogen and oxygen atoms in total. The third kappa shape index (κ3) is 3.88. The first-order valence-corrected chi connectivity index (χ1v) is 6.83. The molecule has 2 rings (SSSR count). The summed E-state index contributed by atoms with van der Waals surface area (Å²) in [6.07, 6.45) is 3.82. The molecule has 0 fully saturated rings. The van der Waals surface area contributed by atoms with Gasteiger partial charge < -0.3 is 14.2 Å². The number of carbonyl (C=O) groups excluding carboxylic acids is 1. The molecule has 0 atom stereocenters. The number of rotatable bonds is 7. The van der Waals surface area contributed by atoms with Gasteiger partial charge in [0, 0.05) is 0 Å². The van der Waals surface area contributed by atoms with Crippen molar-refractivity contribution in [3.8, 4) is 17.2 Å². The van der Waals surface area contributed by atoms with E-state index in [-0.39, 0.29) is 0 Å². The van der Waals surface area contributed by atoms with Crippen molar-refractivity contribution in [1.29, 1.82) is 0 Å². The lowest BCUT2D eigenvalue weighted by Gasteiger charge is -2.15. The van der Waals surface area contributed by atoms with Crippen molar-refractivity contribution in [3.63, 3.8) is 0 Å². The molecule has 0 bridgehead atoms. The first-order chi connectivity index (χ1) is 10.8. The summed E-state index contributed by atoms with van der Waals surface area (Å²) in [5.74, 6) is 1.65. The van der Waals surface area contributed by atoms with Gasteiger partial charge in [-0.1, -0.05) is 36.4 Å². The first-order valence-electron chi connectivity index (χ1n) is 6.83. The van der Waals surface area contributed by atoms with E-state index in [2.05, 4.69) is 0 Å². The number of carbonyl (C=O) groups is 1. The molecule has 0 spiro atoms. The second-order valence-electron chi connectivity index (χ2n) is 4.52. The van der Waals surface area contributed by atoms with Crippen LogP contribution in [0.4, 0.5) is 0 Å². The maximum absolute atomic E-state index is 10.4. The van der Waals surface area contributed by atoms with E-state index in [1.54, 1.807) is 32.4 Å². The minimum Gasteiger partial charge on any atom is -0.493 e. The Hall–Kier alpha value is -2.75. The average Bonchev–Trinajstić information content (AvgIpc) is 2.58. The van der Waals surface area contributed by atoms with Crippen molar-refractivity contribution in [1.82, 2.24) is 0 Å². The van der Waals surface area contributed by atoms with Gasteiger partial charge in [-0.2, -0.15) is 0 Å². The number of benzene rings is 2. The van der Waals surface area contributed by atoms with Gasteiger partial charge in [-0.25, -0.2) is 0 Å². The second kappa shape index (κ2) is 7.88. The summed E-state index contributed by atoms with van der Waals surface area (Å²) in [4.78, 5) is 10.4. The molecule has 0 aliphatic carbocycles. The molecule has 0 aliphatic rings. The Labute approximate surface area is 129 Å². The lowest BCUT2D eigenvalue weighted by atomic mass is 10.1. The molecule has 0 aliphatic heterocycles. The fourth-order valence-electron chi connectivity index (χ4n) is 2.02. The van der Waals surface area contributed by atoms with Crippen LogP contribution in [0.5, 0.6) is 17.2 Å². The fraction of sp³-hybridized carbons (Fsp3) is 0.167. The van der Waals surface area contributed by atoms with Crippen molar-refractivity contribution in [2.45, 2.75) is 6.61 Å². The van der Waals surface area contributed by atoms with Crippen LogP contribution in [-0.4, -0.2) is 20.5 Å². The summed E-state index contributed by atoms with van der Waals surface area (Å²) in [5, 5.41) is 0. The minimum absolute atomic E-state index is 0.414. The van der Waals surface area contributed by atoms with Crippen molar-refractivity contribution in [3.05, 3.63) is 59.7 Å². The second-order valence-corrected chi connectivity index (χ2v) is 4.52. The summed E-state index contributed by atoms with van der Waals surface area (Å²) in [5.41, 5.74) is 1.85. The highest BCUT2D eigenvalue weighted by Gasteiger charge is 2.13. The SMILES string of the molecule is COc1cc(C=CC=O)cc(OC)c1OCc1ccccc1. The molecular weight excluding hydrogens is 280 g/mol. The van der Waals surface area contributed by atoms with Crippen LogP contribution in [0.1, 0.15) is 11.1 Å². The third-order valence-corrected chi connectivity index (χ3v) is 3.08. The molecule has 2 aromatic rings. The Bertz CT molecular complexity index is 622. The minimum atomic E-state index is 0.414. The van der Waals surface area contributed by atoms with Crippen LogP contribution < -0.4 is 14.2 Å². The van der Waals surface area contributed by atoms with Crippen LogP contribution in [0.25, 0.3) is 6.08 Å². The molecule has 22 heavy (non-hydrogen) atoms. The molecule has 0 radical (unpaired) electrons. The van der Waals surface area contributed by atoms with Crippen molar-refractivity contribution >= 4 is 12.4 Å². The first kappa shape index (κ1) is 15.6. The largest absolute Gasteiger partial charge is 0.493 e. The van der Waals surface area contributed by atoms with Gasteiger partial charge in [0.25, 0.3) is 0 Å². The molecule has 114 valence electrons. The quantitative estimate of drug-likeness (QED) is 0.580. The van der Waals surface area contributed by atoms with E-state index < -0.39 is 0 Å². The number of methoxy groups -OCH3 is 2. The molecule has 2 aromatic carbocycles. The van der Waals surface area contributed by atoms with E-state index in [4.69, 9.17) is 14.2 Å². The van der Waals surface area contributed by atoms with Gasteiger partial charge in [-0.05, 0) is 29.3 Å². The molecule has 0 aromatic heterocycles. The van der Waals surface area contributed by atoms with Crippen LogP contribution >= 0.6 is 0 Å². The molecule has 4 heteroatoms. The lowest BCUT2D eigenvalue weighted by molar-refractivity contribution is -0.104. The maximum Gasteiger partial charge on any atom is 0.203 e. The van der Waals surface area contributed by atoms with Crippen molar-refractivity contribution in [2.75, 3.05) is 14.2 Å². The monoisotopic (exact) mass is 298 g/mol. The number of aldehydes is 1. The van der Waals surface area contributed by atoms with E-state index in [1.165, 1.54) is 6.08 Å². The average molecular weight is 298 g/mol. The Morgan fingerprint density at radius 2 is 1.64 bits per heavy atom. The molecular formula is C18H18O4. The third-order valence-electron chi connectivity index (χ3n) is 3.08. The molecule has 0 saturated carbocycles. The molecule has 0 saturated heterocycles. The van der Waals surface area contributed by atoms with Crippen LogP contribution in [0.2, 0.25) is 0 Å². The normalized spacial score (nSPS) is 10.5. The lowest BCUT2D eigenvalue weighted by Crippen LogP contribution is -2.00. The summed E-state index contributed by atoms with van der Waals surface area (Å²) < 4.78 is 16.6. The topological polar surface area (TPSA) is 44.8 Å². The van der Waals surface area contributed by atoms with E-state index in [1.807, 2.05) is 30.3 Å². The molecule has 0 heterocycles. The number of ether oxygens (including phenoxy) is 3. The Morgan fingerprint density at radius 1 is 1.00 bits per heavy atom. The zero-order chi connectivity index (χ0) is 15.8. The van der Waals surface area contributed by atoms with Crippen LogP contribution in [0.3, 0.4) is 0 Å². The van der Waals surface area contributed by atoms with Gasteiger partial charge in [0.1, 0.15) is 12.9 Å². The van der Waals surface area contributed by atoms with E-state index in [9.17, 15) is 4.79 Å². The zero-order valence-corrected chi connectivity index (χ0v) is 12.6. The van der Waals surface area contributed by atoms with Crippen molar-refractivity contribution in [2.24, 2.45) is 0 Å². The number of hydrogen-bond acceptors (Lipinski definition) is 4. The zero-order valence-electron chi connectivity index (χ0n) is 12.6. The predicted molar refractivity (Wildman–Crippen MR) is 85.4 cm³/mol. The van der Waals surface area contributed by atoms with E-state index in [0.29, 0.717) is 23.9 Å². The van der Waals surface area contributed by atoms with Gasteiger partial charge in [-0.3, -0.25) is 4.79 Å². The maximum atomic E-state index is 10.4. The summed E-state index contributed by atoms with van der Waals surface area (Å²) in [6, 6.07) is 13.4. The van der Waals surface area contributed by atoms with Gasteiger partial charge in [0.15, 0.2) is 11.5 Å². The smallest absolute Gasteiger partial charge is 0.203 e. The van der Waals surface area contributed by atoms with E-state index >= 15 is 0 Å². The van der Waals surface area contributed by atoms with Crippen LogP contribution in [-0.2, 0) is 11.4 Å². The number of hydrogen-bond donors (Lipinski definition) is 0. The Kier molecular flexibility index (Phi) is 5.60. The van der Waals surface area contributed by atoms with Gasteiger partial charge in [0.05, 0.1) is 14.2 Å². The highest BCUT2D eigenvalue weighted by molar-refractivity contribution is 5.75. The van der Waals surface area contributed by atoms with Crippen LogP contribution in [0, 0.1) is 0 Å². The molecule has 0 amide bonds. The standard InChI is InChI=1S/C18H18O4/c1-20-16-11-15(9-6-10-19)12-17(21-2)18(16)22-13-14-7-4-3-5-8-14/h3-12H,13H2,1-2H3. The van der Waals surface area contributed by atoms with Gasteiger partial charge in [0.2, 0.25) is 5.75 Å². The highest BCUT2D eigenvalue weighted by atomic mass is 16.5. The van der Waals surface area contributed by atoms with Crippen molar-refractivity contribution < 1.29 is 19.0 Å². The molecule has 0 unspecified atom stereocenters. The van der Waals surface area contributed by atoms with E-state index in [0.717, 1.165) is 17.4 Å². The van der Waals surface area contributed by atoms with Gasteiger partial charge in [-0.15, -0.1) is 0 Å². The summed E-state index contributed by atoms with van der Waals surface area (Å²) in [6.45, 7) is 0.414. The Balaban J connectivity index is 2.28. The van der Waals surface area contributed by atoms with Gasteiger partial charge >= 0.3 is 0 Å². The summed E-state index contributed by atoms with van der Waals surface area (Å²) >= 11 is 0. The Morgan fingerprint density at radius 3 is 2.18 bits per heavy atom. The molecule has 0 N–H and O–H groups in total. The fourth-order valence-corrected chi connectivity index (χ4v) is 2.02. The number of allylic oxidation sites excluding steroid dienone is 1. The van der Waals surface area contributed by atoms with Crippen LogP contribution in [0.15, 0.2) is 48.5 Å². The summed E-state index contributed by atoms with van der Waals surface area (Å²) in [7, 11) is 3.13.